The Morgan fingerprint density at radius 1 is 1.27 bits per heavy atom. The summed E-state index contributed by atoms with van der Waals surface area (Å²) < 4.78 is 5.19. The van der Waals surface area contributed by atoms with E-state index in [1.54, 1.807) is 7.11 Å². The minimum Gasteiger partial charge on any atom is -0.382 e. The maximum Gasteiger partial charge on any atom is 0.0546 e. The van der Waals surface area contributed by atoms with Crippen LogP contribution in [0.4, 0.5) is 0 Å². The maximum atomic E-state index is 5.19. The standard InChI is InChI=1S/C9H21NO/c1-7(9(3)10-4)6-8(2)11-5/h7-10H,6H2,1-5H3. The average Bonchev–Trinajstić information content (AvgIpc) is 2.02. The molecule has 0 aromatic carbocycles. The van der Waals surface area contributed by atoms with Gasteiger partial charge in [0.15, 0.2) is 0 Å². The first-order valence-corrected chi connectivity index (χ1v) is 4.31. The fourth-order valence-corrected chi connectivity index (χ4v) is 1.11. The molecular weight excluding hydrogens is 138 g/mol. The second kappa shape index (κ2) is 5.56. The Hall–Kier alpha value is -0.0800. The van der Waals surface area contributed by atoms with E-state index in [1.807, 2.05) is 7.05 Å². The summed E-state index contributed by atoms with van der Waals surface area (Å²) in [6.07, 6.45) is 1.50. The Kier molecular flexibility index (Phi) is 5.51. The van der Waals surface area contributed by atoms with Crippen LogP contribution in [0.2, 0.25) is 0 Å². The van der Waals surface area contributed by atoms with Gasteiger partial charge < -0.3 is 10.1 Å². The molecule has 1 N–H and O–H groups in total. The molecule has 0 aromatic rings. The van der Waals surface area contributed by atoms with Gasteiger partial charge in [0.1, 0.15) is 0 Å². The lowest BCUT2D eigenvalue weighted by atomic mass is 9.97. The lowest BCUT2D eigenvalue weighted by Gasteiger charge is -2.21. The van der Waals surface area contributed by atoms with Crippen molar-refractivity contribution >= 4 is 0 Å². The monoisotopic (exact) mass is 159 g/mol. The molecule has 0 amide bonds. The molecule has 0 fully saturated rings. The summed E-state index contributed by atoms with van der Waals surface area (Å²) in [4.78, 5) is 0. The number of hydrogen-bond acceptors (Lipinski definition) is 2. The summed E-state index contributed by atoms with van der Waals surface area (Å²) in [5, 5.41) is 3.24. The van der Waals surface area contributed by atoms with Gasteiger partial charge in [-0.3, -0.25) is 0 Å². The molecular formula is C9H21NO. The Morgan fingerprint density at radius 3 is 2.18 bits per heavy atom. The molecule has 2 heteroatoms. The molecule has 0 saturated heterocycles. The Labute approximate surface area is 70.3 Å². The van der Waals surface area contributed by atoms with Crippen LogP contribution in [0.5, 0.6) is 0 Å². The van der Waals surface area contributed by atoms with Crippen LogP contribution in [0.15, 0.2) is 0 Å². The number of nitrogens with one attached hydrogen (secondary N) is 1. The maximum absolute atomic E-state index is 5.19. The largest absolute Gasteiger partial charge is 0.382 e. The molecule has 0 saturated carbocycles. The van der Waals surface area contributed by atoms with Gasteiger partial charge in [-0.15, -0.1) is 0 Å². The van der Waals surface area contributed by atoms with E-state index < -0.39 is 0 Å². The smallest absolute Gasteiger partial charge is 0.0546 e. The summed E-state index contributed by atoms with van der Waals surface area (Å²) in [7, 11) is 3.76. The molecule has 68 valence electrons. The van der Waals surface area contributed by atoms with Crippen LogP contribution in [-0.2, 0) is 4.74 Å². The zero-order chi connectivity index (χ0) is 8.85. The number of hydrogen-bond donors (Lipinski definition) is 1. The van der Waals surface area contributed by atoms with Crippen molar-refractivity contribution < 1.29 is 4.74 Å². The van der Waals surface area contributed by atoms with Crippen LogP contribution >= 0.6 is 0 Å². The molecule has 0 aliphatic rings. The molecule has 3 unspecified atom stereocenters. The highest BCUT2D eigenvalue weighted by Crippen LogP contribution is 2.11. The van der Waals surface area contributed by atoms with Gasteiger partial charge in [-0.1, -0.05) is 6.92 Å². The number of methoxy groups -OCH3 is 1. The van der Waals surface area contributed by atoms with Gasteiger partial charge in [0.25, 0.3) is 0 Å². The zero-order valence-corrected chi connectivity index (χ0v) is 8.35. The van der Waals surface area contributed by atoms with Crippen LogP contribution in [0, 0.1) is 5.92 Å². The van der Waals surface area contributed by atoms with Gasteiger partial charge in [-0.05, 0) is 33.2 Å². The van der Waals surface area contributed by atoms with E-state index in [2.05, 4.69) is 26.1 Å². The molecule has 0 bridgehead atoms. The van der Waals surface area contributed by atoms with Gasteiger partial charge in [0.2, 0.25) is 0 Å². The van der Waals surface area contributed by atoms with Crippen molar-refractivity contribution in [3.63, 3.8) is 0 Å². The second-order valence-electron chi connectivity index (χ2n) is 3.34. The zero-order valence-electron chi connectivity index (χ0n) is 8.35. The third-order valence-corrected chi connectivity index (χ3v) is 2.41. The van der Waals surface area contributed by atoms with Crippen molar-refractivity contribution in [1.29, 1.82) is 0 Å². The third-order valence-electron chi connectivity index (χ3n) is 2.41. The van der Waals surface area contributed by atoms with Crippen LogP contribution < -0.4 is 5.32 Å². The Morgan fingerprint density at radius 2 is 1.82 bits per heavy atom. The van der Waals surface area contributed by atoms with E-state index in [4.69, 9.17) is 4.74 Å². The molecule has 2 nitrogen and oxygen atoms in total. The molecule has 3 atom stereocenters. The van der Waals surface area contributed by atoms with Crippen molar-refractivity contribution in [1.82, 2.24) is 5.32 Å². The molecule has 0 heterocycles. The predicted octanol–water partition coefficient (Wildman–Crippen LogP) is 1.66. The lowest BCUT2D eigenvalue weighted by Crippen LogP contribution is -2.30. The van der Waals surface area contributed by atoms with Gasteiger partial charge >= 0.3 is 0 Å². The van der Waals surface area contributed by atoms with Crippen LogP contribution in [0.3, 0.4) is 0 Å². The van der Waals surface area contributed by atoms with Gasteiger partial charge in [0, 0.05) is 13.2 Å². The summed E-state index contributed by atoms with van der Waals surface area (Å²) >= 11 is 0. The van der Waals surface area contributed by atoms with E-state index in [-0.39, 0.29) is 0 Å². The van der Waals surface area contributed by atoms with Crippen LogP contribution in [-0.4, -0.2) is 26.3 Å². The Bertz CT molecular complexity index is 95.6. The van der Waals surface area contributed by atoms with E-state index in [0.717, 1.165) is 6.42 Å². The quantitative estimate of drug-likeness (QED) is 0.658. The van der Waals surface area contributed by atoms with Gasteiger partial charge in [-0.2, -0.15) is 0 Å². The van der Waals surface area contributed by atoms with Crippen LogP contribution in [0.25, 0.3) is 0 Å². The van der Waals surface area contributed by atoms with Crippen LogP contribution in [0.1, 0.15) is 27.2 Å². The van der Waals surface area contributed by atoms with Crippen molar-refractivity contribution in [2.45, 2.75) is 39.3 Å². The summed E-state index contributed by atoms with van der Waals surface area (Å²) in [5.74, 6) is 0.676. The predicted molar refractivity (Wildman–Crippen MR) is 48.8 cm³/mol. The van der Waals surface area contributed by atoms with E-state index in [1.165, 1.54) is 0 Å². The first-order valence-electron chi connectivity index (χ1n) is 4.31. The normalized spacial score (nSPS) is 19.4. The fraction of sp³-hybridized carbons (Fsp3) is 1.00. The van der Waals surface area contributed by atoms with Crippen molar-refractivity contribution in [2.75, 3.05) is 14.2 Å². The third kappa shape index (κ3) is 4.38. The molecule has 0 spiro atoms. The minimum absolute atomic E-state index is 0.376. The van der Waals surface area contributed by atoms with Crippen molar-refractivity contribution in [3.8, 4) is 0 Å². The minimum atomic E-state index is 0.376. The highest BCUT2D eigenvalue weighted by atomic mass is 16.5. The number of rotatable bonds is 5. The SMILES string of the molecule is CNC(C)C(C)CC(C)OC. The molecule has 0 aliphatic heterocycles. The average molecular weight is 159 g/mol. The van der Waals surface area contributed by atoms with Gasteiger partial charge in [-0.25, -0.2) is 0 Å². The highest BCUT2D eigenvalue weighted by Gasteiger charge is 2.12. The van der Waals surface area contributed by atoms with Gasteiger partial charge in [0.05, 0.1) is 6.10 Å². The van der Waals surface area contributed by atoms with Crippen molar-refractivity contribution in [3.05, 3.63) is 0 Å². The molecule has 0 radical (unpaired) electrons. The highest BCUT2D eigenvalue weighted by molar-refractivity contribution is 4.68. The van der Waals surface area contributed by atoms with E-state index in [0.29, 0.717) is 18.1 Å². The van der Waals surface area contributed by atoms with Crippen molar-refractivity contribution in [2.24, 2.45) is 5.92 Å². The van der Waals surface area contributed by atoms with E-state index >= 15 is 0 Å². The molecule has 0 aliphatic carbocycles. The molecule has 0 rings (SSSR count). The molecule has 11 heavy (non-hydrogen) atoms. The fourth-order valence-electron chi connectivity index (χ4n) is 1.11. The topological polar surface area (TPSA) is 21.3 Å². The number of ether oxygens (including phenoxy) is 1. The summed E-state index contributed by atoms with van der Waals surface area (Å²) in [6.45, 7) is 6.56. The van der Waals surface area contributed by atoms with E-state index in [9.17, 15) is 0 Å². The summed E-state index contributed by atoms with van der Waals surface area (Å²) in [6, 6.07) is 0.576. The summed E-state index contributed by atoms with van der Waals surface area (Å²) in [5.41, 5.74) is 0. The first-order chi connectivity index (χ1) is 5.11. The second-order valence-corrected chi connectivity index (χ2v) is 3.34. The first kappa shape index (κ1) is 10.9. The Balaban J connectivity index is 3.58. The molecule has 0 aromatic heterocycles. The lowest BCUT2D eigenvalue weighted by molar-refractivity contribution is 0.0925.